The van der Waals surface area contributed by atoms with E-state index in [9.17, 15) is 0 Å². The van der Waals surface area contributed by atoms with Gasteiger partial charge in [0.25, 0.3) is 0 Å². The van der Waals surface area contributed by atoms with E-state index < -0.39 is 0 Å². The largest absolute Gasteiger partial charge is 0.338 e. The fraction of sp³-hybridized carbons (Fsp3) is 0.600. The summed E-state index contributed by atoms with van der Waals surface area (Å²) in [4.78, 5) is 6.99. The number of likely N-dealkylation sites (tertiary alicyclic amines) is 1. The summed E-state index contributed by atoms with van der Waals surface area (Å²) in [6.07, 6.45) is 2.46. The molecule has 1 fully saturated rings. The fourth-order valence-electron chi connectivity index (χ4n) is 2.65. The maximum absolute atomic E-state index is 5.42. The summed E-state index contributed by atoms with van der Waals surface area (Å²) in [5.74, 6) is 1.52. The minimum Gasteiger partial charge on any atom is -0.338 e. The van der Waals surface area contributed by atoms with Gasteiger partial charge in [0.05, 0.1) is 6.54 Å². The highest BCUT2D eigenvalue weighted by Crippen LogP contribution is 2.34. The topological polar surface area (TPSA) is 42.2 Å². The molecule has 1 saturated heterocycles. The average Bonchev–Trinajstić information content (AvgIpc) is 3.08. The minimum absolute atomic E-state index is 0.0560. The molecule has 20 heavy (non-hydrogen) atoms. The van der Waals surface area contributed by atoms with E-state index in [1.807, 2.05) is 0 Å². The van der Waals surface area contributed by atoms with Crippen LogP contribution in [0.5, 0.6) is 0 Å². The van der Waals surface area contributed by atoms with Gasteiger partial charge in [-0.2, -0.15) is 16.3 Å². The zero-order valence-corrected chi connectivity index (χ0v) is 13.1. The van der Waals surface area contributed by atoms with E-state index in [1.165, 1.54) is 18.4 Å². The standard InChI is InChI=1S/C15H21N3OS/c1-15(2,3)14-16-13(19-17-14)9-18-7-4-5-12(18)11-6-8-20-10-11/h6,8,10,12H,4-5,7,9H2,1-3H3/t12-/m0/s1. The Hall–Kier alpha value is -1.20. The number of hydrogen-bond donors (Lipinski definition) is 0. The first-order valence-electron chi connectivity index (χ1n) is 7.13. The summed E-state index contributed by atoms with van der Waals surface area (Å²) in [7, 11) is 0. The highest BCUT2D eigenvalue weighted by Gasteiger charge is 2.28. The maximum atomic E-state index is 5.42. The first-order chi connectivity index (χ1) is 9.54. The summed E-state index contributed by atoms with van der Waals surface area (Å²) >= 11 is 1.76. The second-order valence-electron chi connectivity index (χ2n) is 6.45. The first-order valence-corrected chi connectivity index (χ1v) is 8.07. The lowest BCUT2D eigenvalue weighted by Gasteiger charge is -2.21. The average molecular weight is 291 g/mol. The van der Waals surface area contributed by atoms with Gasteiger partial charge in [0.15, 0.2) is 5.82 Å². The van der Waals surface area contributed by atoms with Gasteiger partial charge in [0.1, 0.15) is 0 Å². The van der Waals surface area contributed by atoms with Crippen LogP contribution in [0.3, 0.4) is 0 Å². The molecular formula is C15H21N3OS. The van der Waals surface area contributed by atoms with E-state index in [0.29, 0.717) is 6.04 Å². The molecule has 2 aromatic heterocycles. The molecule has 108 valence electrons. The van der Waals surface area contributed by atoms with Crippen molar-refractivity contribution >= 4 is 11.3 Å². The van der Waals surface area contributed by atoms with Crippen LogP contribution < -0.4 is 0 Å². The molecule has 1 aliphatic rings. The molecule has 0 aromatic carbocycles. The Kier molecular flexibility index (Phi) is 3.65. The van der Waals surface area contributed by atoms with Crippen molar-refractivity contribution in [2.24, 2.45) is 0 Å². The van der Waals surface area contributed by atoms with E-state index in [0.717, 1.165) is 24.8 Å². The Balaban J connectivity index is 1.72. The van der Waals surface area contributed by atoms with E-state index in [1.54, 1.807) is 11.3 Å². The molecule has 1 aliphatic heterocycles. The molecule has 0 saturated carbocycles. The fourth-order valence-corrected chi connectivity index (χ4v) is 3.36. The normalized spacial score (nSPS) is 20.6. The second-order valence-corrected chi connectivity index (χ2v) is 7.23. The molecule has 5 heteroatoms. The van der Waals surface area contributed by atoms with Gasteiger partial charge in [-0.15, -0.1) is 0 Å². The number of aromatic nitrogens is 2. The number of hydrogen-bond acceptors (Lipinski definition) is 5. The van der Waals surface area contributed by atoms with Crippen LogP contribution in [0.1, 0.15) is 56.9 Å². The van der Waals surface area contributed by atoms with Gasteiger partial charge in [-0.3, -0.25) is 4.90 Å². The predicted octanol–water partition coefficient (Wildman–Crippen LogP) is 3.77. The van der Waals surface area contributed by atoms with E-state index in [-0.39, 0.29) is 5.41 Å². The van der Waals surface area contributed by atoms with Crippen molar-refractivity contribution in [1.29, 1.82) is 0 Å². The van der Waals surface area contributed by atoms with Crippen molar-refractivity contribution in [2.75, 3.05) is 6.54 Å². The summed E-state index contributed by atoms with van der Waals surface area (Å²) in [6, 6.07) is 2.73. The Morgan fingerprint density at radius 1 is 1.45 bits per heavy atom. The lowest BCUT2D eigenvalue weighted by atomic mass is 9.96. The van der Waals surface area contributed by atoms with Crippen molar-refractivity contribution in [1.82, 2.24) is 15.0 Å². The Labute approximate surface area is 123 Å². The molecule has 0 amide bonds. The van der Waals surface area contributed by atoms with Gasteiger partial charge in [-0.25, -0.2) is 0 Å². The molecule has 0 spiro atoms. The van der Waals surface area contributed by atoms with Crippen LogP contribution in [-0.2, 0) is 12.0 Å². The minimum atomic E-state index is -0.0560. The van der Waals surface area contributed by atoms with Gasteiger partial charge in [-0.05, 0) is 41.8 Å². The van der Waals surface area contributed by atoms with E-state index >= 15 is 0 Å². The van der Waals surface area contributed by atoms with Crippen LogP contribution in [0, 0.1) is 0 Å². The Morgan fingerprint density at radius 2 is 2.30 bits per heavy atom. The van der Waals surface area contributed by atoms with E-state index in [4.69, 9.17) is 4.52 Å². The van der Waals surface area contributed by atoms with Gasteiger partial charge in [-0.1, -0.05) is 25.9 Å². The lowest BCUT2D eigenvalue weighted by Crippen LogP contribution is -2.22. The quantitative estimate of drug-likeness (QED) is 0.863. The Bertz CT molecular complexity index is 556. The predicted molar refractivity (Wildman–Crippen MR) is 79.7 cm³/mol. The van der Waals surface area contributed by atoms with Crippen LogP contribution in [0.2, 0.25) is 0 Å². The van der Waals surface area contributed by atoms with Crippen LogP contribution in [0.15, 0.2) is 21.3 Å². The summed E-state index contributed by atoms with van der Waals surface area (Å²) < 4.78 is 5.42. The number of nitrogens with zero attached hydrogens (tertiary/aromatic N) is 3. The molecule has 0 aliphatic carbocycles. The Morgan fingerprint density at radius 3 is 2.95 bits per heavy atom. The molecule has 3 heterocycles. The lowest BCUT2D eigenvalue weighted by molar-refractivity contribution is 0.212. The highest BCUT2D eigenvalue weighted by molar-refractivity contribution is 7.07. The molecule has 2 aromatic rings. The highest BCUT2D eigenvalue weighted by atomic mass is 32.1. The first kappa shape index (κ1) is 13.8. The van der Waals surface area contributed by atoms with Crippen molar-refractivity contribution in [3.63, 3.8) is 0 Å². The molecule has 3 rings (SSSR count). The molecule has 0 radical (unpaired) electrons. The van der Waals surface area contributed by atoms with Gasteiger partial charge < -0.3 is 4.52 Å². The maximum Gasteiger partial charge on any atom is 0.240 e. The van der Waals surface area contributed by atoms with Crippen LogP contribution >= 0.6 is 11.3 Å². The SMILES string of the molecule is CC(C)(C)c1noc(CN2CCC[C@H]2c2ccsc2)n1. The molecular weight excluding hydrogens is 270 g/mol. The third kappa shape index (κ3) is 2.79. The molecule has 0 unspecified atom stereocenters. The number of rotatable bonds is 3. The molecule has 0 bridgehead atoms. The van der Waals surface area contributed by atoms with Crippen molar-refractivity contribution in [3.05, 3.63) is 34.1 Å². The van der Waals surface area contributed by atoms with Crippen molar-refractivity contribution < 1.29 is 4.52 Å². The smallest absolute Gasteiger partial charge is 0.240 e. The zero-order chi connectivity index (χ0) is 14.2. The van der Waals surface area contributed by atoms with Gasteiger partial charge >= 0.3 is 0 Å². The summed E-state index contributed by atoms with van der Waals surface area (Å²) in [5.41, 5.74) is 1.36. The summed E-state index contributed by atoms with van der Waals surface area (Å²) in [5, 5.41) is 8.50. The monoisotopic (exact) mass is 291 g/mol. The van der Waals surface area contributed by atoms with Crippen LogP contribution in [-0.4, -0.2) is 21.6 Å². The zero-order valence-electron chi connectivity index (χ0n) is 12.3. The van der Waals surface area contributed by atoms with Crippen molar-refractivity contribution in [3.8, 4) is 0 Å². The number of thiophene rings is 1. The van der Waals surface area contributed by atoms with Crippen LogP contribution in [0.25, 0.3) is 0 Å². The summed E-state index contributed by atoms with van der Waals surface area (Å²) in [6.45, 7) is 8.17. The van der Waals surface area contributed by atoms with E-state index in [2.05, 4.69) is 52.6 Å². The van der Waals surface area contributed by atoms with Gasteiger partial charge in [0, 0.05) is 11.5 Å². The van der Waals surface area contributed by atoms with Crippen LogP contribution in [0.4, 0.5) is 0 Å². The third-order valence-corrected chi connectivity index (χ3v) is 4.47. The van der Waals surface area contributed by atoms with Gasteiger partial charge in [0.2, 0.25) is 5.89 Å². The molecule has 0 N–H and O–H groups in total. The molecule has 4 nitrogen and oxygen atoms in total. The second kappa shape index (κ2) is 5.30. The molecule has 1 atom stereocenters. The third-order valence-electron chi connectivity index (χ3n) is 3.77. The van der Waals surface area contributed by atoms with Crippen molar-refractivity contribution in [2.45, 2.75) is 51.6 Å².